The molecular weight excluding hydrogens is 345 g/mol. The van der Waals surface area contributed by atoms with Crippen LogP contribution in [0.2, 0.25) is 0 Å². The van der Waals surface area contributed by atoms with E-state index in [9.17, 15) is 22.0 Å². The van der Waals surface area contributed by atoms with Crippen molar-refractivity contribution < 1.29 is 22.0 Å². The highest BCUT2D eigenvalue weighted by molar-refractivity contribution is 5.41. The number of hydrogen-bond acceptors (Lipinski definition) is 4. The highest BCUT2D eigenvalue weighted by Gasteiger charge is 2.40. The van der Waals surface area contributed by atoms with Gasteiger partial charge in [-0.05, 0) is 26.3 Å². The maximum absolute atomic E-state index is 13.3. The molecule has 1 fully saturated rings. The first kappa shape index (κ1) is 17.6. The van der Waals surface area contributed by atoms with Gasteiger partial charge in [-0.25, -0.2) is 18.4 Å². The smallest absolute Gasteiger partial charge is 0.367 e. The number of hydrogen-bond donors (Lipinski definition) is 1. The third-order valence-electron chi connectivity index (χ3n) is 3.96. The predicted octanol–water partition coefficient (Wildman–Crippen LogP) is 3.90. The molecule has 2 aromatic rings. The fourth-order valence-electron chi connectivity index (χ4n) is 2.86. The zero-order valence-corrected chi connectivity index (χ0v) is 13.5. The van der Waals surface area contributed by atoms with Crippen molar-refractivity contribution in [3.63, 3.8) is 0 Å². The average Bonchev–Trinajstić information content (AvgIpc) is 2.99. The number of nitrogens with one attached hydrogen (secondary N) is 1. The van der Waals surface area contributed by atoms with Crippen LogP contribution in [-0.4, -0.2) is 31.7 Å². The van der Waals surface area contributed by atoms with Crippen molar-refractivity contribution in [1.82, 2.24) is 19.7 Å². The molecular formula is C15H16F5N5. The second-order valence-electron chi connectivity index (χ2n) is 6.22. The van der Waals surface area contributed by atoms with E-state index in [0.29, 0.717) is 11.4 Å². The molecule has 0 amide bonds. The Kier molecular flexibility index (Phi) is 4.16. The molecule has 25 heavy (non-hydrogen) atoms. The molecule has 1 N–H and O–H groups in total. The van der Waals surface area contributed by atoms with Crippen molar-refractivity contribution in [3.8, 4) is 5.95 Å². The first-order valence-corrected chi connectivity index (χ1v) is 7.68. The van der Waals surface area contributed by atoms with Gasteiger partial charge in [0.1, 0.15) is 5.82 Å². The van der Waals surface area contributed by atoms with Crippen LogP contribution in [0.15, 0.2) is 12.1 Å². The van der Waals surface area contributed by atoms with Crippen LogP contribution >= 0.6 is 0 Å². The largest absolute Gasteiger partial charge is 0.433 e. The first-order valence-electron chi connectivity index (χ1n) is 7.68. The molecule has 5 nitrogen and oxygen atoms in total. The minimum absolute atomic E-state index is 0.146. The fraction of sp³-hybridized carbons (Fsp3) is 0.533. The summed E-state index contributed by atoms with van der Waals surface area (Å²) in [5.74, 6) is -3.21. The van der Waals surface area contributed by atoms with E-state index in [2.05, 4.69) is 20.4 Å². The van der Waals surface area contributed by atoms with E-state index in [1.165, 1.54) is 4.68 Å². The predicted molar refractivity (Wildman–Crippen MR) is 79.8 cm³/mol. The number of aromatic nitrogens is 4. The summed E-state index contributed by atoms with van der Waals surface area (Å²) in [6, 6.07) is 1.76. The molecule has 0 saturated heterocycles. The molecule has 0 spiro atoms. The van der Waals surface area contributed by atoms with Crippen molar-refractivity contribution in [2.45, 2.75) is 51.3 Å². The number of halogens is 5. The summed E-state index contributed by atoms with van der Waals surface area (Å²) in [5, 5.41) is 6.75. The van der Waals surface area contributed by atoms with Gasteiger partial charge in [-0.1, -0.05) is 0 Å². The van der Waals surface area contributed by atoms with Gasteiger partial charge in [-0.15, -0.1) is 0 Å². The van der Waals surface area contributed by atoms with E-state index >= 15 is 0 Å². The third-order valence-corrected chi connectivity index (χ3v) is 3.96. The summed E-state index contributed by atoms with van der Waals surface area (Å²) in [6.45, 7) is 3.35. The molecule has 1 unspecified atom stereocenters. The van der Waals surface area contributed by atoms with Crippen LogP contribution in [0.1, 0.15) is 36.3 Å². The van der Waals surface area contributed by atoms with Gasteiger partial charge in [0.25, 0.3) is 5.95 Å². The van der Waals surface area contributed by atoms with Gasteiger partial charge in [-0.3, -0.25) is 0 Å². The number of nitrogens with zero attached hydrogens (tertiary/aromatic N) is 4. The normalized spacial score (nSPS) is 20.0. The number of anilines is 1. The number of aryl methyl sites for hydroxylation is 2. The SMILES string of the molecule is Cc1cc(C)n(-c2nc(NC3CCC(F)(F)C3)cc(C(F)(F)F)n2)n1. The zero-order chi connectivity index (χ0) is 18.4. The Balaban J connectivity index is 1.98. The monoisotopic (exact) mass is 361 g/mol. The van der Waals surface area contributed by atoms with Gasteiger partial charge in [-0.2, -0.15) is 23.3 Å². The minimum atomic E-state index is -4.69. The topological polar surface area (TPSA) is 55.6 Å². The molecule has 136 valence electrons. The molecule has 1 aliphatic carbocycles. The Bertz CT molecular complexity index is 783. The number of rotatable bonds is 3. The van der Waals surface area contributed by atoms with Crippen LogP contribution in [0, 0.1) is 13.8 Å². The molecule has 0 bridgehead atoms. The highest BCUT2D eigenvalue weighted by Crippen LogP contribution is 2.36. The van der Waals surface area contributed by atoms with E-state index in [4.69, 9.17) is 0 Å². The van der Waals surface area contributed by atoms with Gasteiger partial charge in [0, 0.05) is 30.6 Å². The Morgan fingerprint density at radius 1 is 1.20 bits per heavy atom. The third kappa shape index (κ3) is 3.88. The van der Waals surface area contributed by atoms with E-state index < -0.39 is 30.3 Å². The summed E-state index contributed by atoms with van der Waals surface area (Å²) < 4.78 is 67.2. The van der Waals surface area contributed by atoms with Crippen LogP contribution in [0.3, 0.4) is 0 Å². The van der Waals surface area contributed by atoms with Crippen LogP contribution in [0.25, 0.3) is 5.95 Å². The Labute approximate surface area is 140 Å². The second kappa shape index (κ2) is 5.92. The van der Waals surface area contributed by atoms with Crippen molar-refractivity contribution in [2.24, 2.45) is 0 Å². The molecule has 1 saturated carbocycles. The second-order valence-corrected chi connectivity index (χ2v) is 6.22. The summed E-state index contributed by atoms with van der Waals surface area (Å²) >= 11 is 0. The molecule has 2 heterocycles. The molecule has 0 aromatic carbocycles. The van der Waals surface area contributed by atoms with E-state index in [-0.39, 0.29) is 24.6 Å². The molecule has 0 radical (unpaired) electrons. The molecule has 10 heteroatoms. The Morgan fingerprint density at radius 3 is 2.44 bits per heavy atom. The highest BCUT2D eigenvalue weighted by atomic mass is 19.4. The summed E-state index contributed by atoms with van der Waals surface area (Å²) in [5.41, 5.74) is 0.0101. The lowest BCUT2D eigenvalue weighted by molar-refractivity contribution is -0.141. The van der Waals surface area contributed by atoms with E-state index in [1.54, 1.807) is 19.9 Å². The lowest BCUT2D eigenvalue weighted by Gasteiger charge is -2.16. The van der Waals surface area contributed by atoms with Gasteiger partial charge in [0.2, 0.25) is 5.92 Å². The van der Waals surface area contributed by atoms with E-state index in [0.717, 1.165) is 6.07 Å². The maximum atomic E-state index is 13.3. The minimum Gasteiger partial charge on any atom is -0.367 e. The van der Waals surface area contributed by atoms with Gasteiger partial charge in [0.15, 0.2) is 5.69 Å². The fourth-order valence-corrected chi connectivity index (χ4v) is 2.86. The van der Waals surface area contributed by atoms with Crippen LogP contribution in [0.5, 0.6) is 0 Å². The molecule has 0 aliphatic heterocycles. The first-order chi connectivity index (χ1) is 11.5. The lowest BCUT2D eigenvalue weighted by atomic mass is 10.2. The quantitative estimate of drug-likeness (QED) is 0.843. The van der Waals surface area contributed by atoms with Crippen LogP contribution in [-0.2, 0) is 6.18 Å². The standard InChI is InChI=1S/C15H16F5N5/c1-8-5-9(2)25(24-8)13-22-11(15(18,19)20)6-12(23-13)21-10-3-4-14(16,17)7-10/h5-6,10H,3-4,7H2,1-2H3,(H,21,22,23). The molecule has 1 aliphatic rings. The van der Waals surface area contributed by atoms with Gasteiger partial charge in [0.05, 0.1) is 5.69 Å². The van der Waals surface area contributed by atoms with Crippen molar-refractivity contribution >= 4 is 5.82 Å². The van der Waals surface area contributed by atoms with Crippen LogP contribution < -0.4 is 5.32 Å². The Hall–Kier alpha value is -2.26. The lowest BCUT2D eigenvalue weighted by Crippen LogP contribution is -2.22. The molecule has 1 atom stereocenters. The zero-order valence-electron chi connectivity index (χ0n) is 13.5. The summed E-state index contributed by atoms with van der Waals surface area (Å²) in [7, 11) is 0. The molecule has 3 rings (SSSR count). The molecule has 2 aromatic heterocycles. The summed E-state index contributed by atoms with van der Waals surface area (Å²) in [4.78, 5) is 7.56. The van der Waals surface area contributed by atoms with Crippen molar-refractivity contribution in [1.29, 1.82) is 0 Å². The number of alkyl halides is 5. The average molecular weight is 361 g/mol. The van der Waals surface area contributed by atoms with Crippen molar-refractivity contribution in [2.75, 3.05) is 5.32 Å². The van der Waals surface area contributed by atoms with Crippen LogP contribution in [0.4, 0.5) is 27.8 Å². The summed E-state index contributed by atoms with van der Waals surface area (Å²) in [6.07, 6.45) is -5.27. The van der Waals surface area contributed by atoms with Gasteiger partial charge >= 0.3 is 6.18 Å². The van der Waals surface area contributed by atoms with Crippen molar-refractivity contribution in [3.05, 3.63) is 29.2 Å². The maximum Gasteiger partial charge on any atom is 0.433 e. The van der Waals surface area contributed by atoms with Gasteiger partial charge < -0.3 is 5.32 Å². The Morgan fingerprint density at radius 2 is 1.92 bits per heavy atom. The van der Waals surface area contributed by atoms with E-state index in [1.807, 2.05) is 0 Å².